The van der Waals surface area contributed by atoms with Crippen LogP contribution >= 0.6 is 0 Å². The van der Waals surface area contributed by atoms with E-state index in [1.165, 1.54) is 81.6 Å². The lowest BCUT2D eigenvalue weighted by Crippen LogP contribution is -1.95. The number of nitrogens with zero attached hydrogens (tertiary/aromatic N) is 2. The zero-order valence-corrected chi connectivity index (χ0v) is 31.0. The Kier molecular flexibility index (Phi) is 6.96. The van der Waals surface area contributed by atoms with Crippen molar-refractivity contribution in [1.82, 2.24) is 9.55 Å². The molecule has 264 valence electrons. The quantitative estimate of drug-likeness (QED) is 0.131. The van der Waals surface area contributed by atoms with Crippen LogP contribution in [0.3, 0.4) is 0 Å². The van der Waals surface area contributed by atoms with Crippen LogP contribution in [0.2, 0.25) is 0 Å². The smallest absolute Gasteiger partial charge is 0.0795 e. The van der Waals surface area contributed by atoms with Gasteiger partial charge in [-0.25, -0.2) is 4.98 Å². The molecule has 0 fully saturated rings. The molecule has 2 heteroatoms. The average Bonchev–Trinajstić information content (AvgIpc) is 3.62. The van der Waals surface area contributed by atoms with Gasteiger partial charge in [-0.05, 0) is 96.4 Å². The van der Waals surface area contributed by atoms with E-state index in [9.17, 15) is 0 Å². The second-order valence-corrected chi connectivity index (χ2v) is 15.0. The van der Waals surface area contributed by atoms with Gasteiger partial charge in [-0.3, -0.25) is 0 Å². The van der Waals surface area contributed by atoms with Gasteiger partial charge in [-0.15, -0.1) is 0 Å². The summed E-state index contributed by atoms with van der Waals surface area (Å²) < 4.78 is 2.39. The van der Waals surface area contributed by atoms with Crippen LogP contribution in [0.15, 0.2) is 206 Å². The van der Waals surface area contributed by atoms with Crippen LogP contribution in [0.4, 0.5) is 0 Å². The highest BCUT2D eigenvalue weighted by Gasteiger charge is 2.21. The third-order valence-electron chi connectivity index (χ3n) is 11.9. The summed E-state index contributed by atoms with van der Waals surface area (Å²) in [7, 11) is 0. The molecule has 2 nitrogen and oxygen atoms in total. The van der Waals surface area contributed by atoms with E-state index in [0.717, 1.165) is 33.4 Å². The van der Waals surface area contributed by atoms with E-state index >= 15 is 0 Å². The Morgan fingerprint density at radius 3 is 1.56 bits per heavy atom. The second-order valence-electron chi connectivity index (χ2n) is 15.0. The highest BCUT2D eigenvalue weighted by molar-refractivity contribution is 6.29. The molecule has 2 heterocycles. The lowest BCUT2D eigenvalue weighted by Gasteiger charge is -2.19. The number of fused-ring (bicyclic) bond motifs is 10. The van der Waals surface area contributed by atoms with Crippen molar-refractivity contribution >= 4 is 75.8 Å². The molecule has 0 bridgehead atoms. The molecule has 12 rings (SSSR count). The Labute approximate surface area is 329 Å². The normalized spacial score (nSPS) is 11.9. The van der Waals surface area contributed by atoms with Crippen molar-refractivity contribution in [3.63, 3.8) is 0 Å². The van der Waals surface area contributed by atoms with Crippen LogP contribution in [0.25, 0.3) is 115 Å². The Bertz CT molecular complexity index is 3500. The van der Waals surface area contributed by atoms with E-state index in [0.29, 0.717) is 0 Å². The van der Waals surface area contributed by atoms with Gasteiger partial charge < -0.3 is 4.57 Å². The number of para-hydroxylation sites is 2. The minimum absolute atomic E-state index is 0.983. The number of hydrogen-bond acceptors (Lipinski definition) is 1. The van der Waals surface area contributed by atoms with Crippen LogP contribution in [0.1, 0.15) is 0 Å². The van der Waals surface area contributed by atoms with E-state index in [1.54, 1.807) is 0 Å². The van der Waals surface area contributed by atoms with Crippen molar-refractivity contribution in [2.45, 2.75) is 0 Å². The largest absolute Gasteiger partial charge is 0.309 e. The summed E-state index contributed by atoms with van der Waals surface area (Å²) in [5.41, 5.74) is 11.5. The Balaban J connectivity index is 1.16. The van der Waals surface area contributed by atoms with Crippen LogP contribution in [-0.4, -0.2) is 9.55 Å². The lowest BCUT2D eigenvalue weighted by atomic mass is 9.85. The predicted octanol–water partition coefficient (Wildman–Crippen LogP) is 14.9. The van der Waals surface area contributed by atoms with Gasteiger partial charge in [0.05, 0.1) is 22.2 Å². The summed E-state index contributed by atoms with van der Waals surface area (Å²) in [6.45, 7) is 0. The number of pyridine rings is 1. The first-order valence-corrected chi connectivity index (χ1v) is 19.6. The van der Waals surface area contributed by atoms with Gasteiger partial charge in [0, 0.05) is 32.8 Å². The van der Waals surface area contributed by atoms with Crippen molar-refractivity contribution in [3.05, 3.63) is 206 Å². The van der Waals surface area contributed by atoms with Crippen molar-refractivity contribution in [2.24, 2.45) is 0 Å². The molecule has 57 heavy (non-hydrogen) atoms. The van der Waals surface area contributed by atoms with Gasteiger partial charge in [0.25, 0.3) is 0 Å². The first-order valence-electron chi connectivity index (χ1n) is 19.6. The van der Waals surface area contributed by atoms with Gasteiger partial charge in [0.1, 0.15) is 0 Å². The number of aromatic nitrogens is 2. The van der Waals surface area contributed by atoms with E-state index in [-0.39, 0.29) is 0 Å². The SMILES string of the molecule is c1ccc(-c2nc3cc(-c4c5ccccc5c(-c5ccc6ccccc6c5)c5ccccc45)ccc3c3ccc4c(c5ccccc5n4-c4ccccc4)c23)cc1. The van der Waals surface area contributed by atoms with Crippen molar-refractivity contribution in [2.75, 3.05) is 0 Å². The summed E-state index contributed by atoms with van der Waals surface area (Å²) in [6, 6.07) is 75.0. The molecule has 0 radical (unpaired) electrons. The minimum atomic E-state index is 0.983. The molecule has 0 aliphatic carbocycles. The monoisotopic (exact) mass is 722 g/mol. The summed E-state index contributed by atoms with van der Waals surface area (Å²) in [5, 5.41) is 13.4. The lowest BCUT2D eigenvalue weighted by molar-refractivity contribution is 1.18. The molecule has 0 aliphatic heterocycles. The first-order chi connectivity index (χ1) is 28.3. The molecule has 0 saturated heterocycles. The zero-order chi connectivity index (χ0) is 37.5. The number of benzene rings is 10. The van der Waals surface area contributed by atoms with Crippen LogP contribution in [0.5, 0.6) is 0 Å². The van der Waals surface area contributed by atoms with Gasteiger partial charge in [0.15, 0.2) is 0 Å². The number of hydrogen-bond donors (Lipinski definition) is 0. The molecule has 0 unspecified atom stereocenters. The molecule has 0 amide bonds. The van der Waals surface area contributed by atoms with Gasteiger partial charge in [0.2, 0.25) is 0 Å². The third-order valence-corrected chi connectivity index (χ3v) is 11.9. The topological polar surface area (TPSA) is 17.8 Å². The second kappa shape index (κ2) is 12.5. The summed E-state index contributed by atoms with van der Waals surface area (Å²) >= 11 is 0. The molecule has 0 N–H and O–H groups in total. The molecule has 10 aromatic carbocycles. The van der Waals surface area contributed by atoms with Crippen molar-refractivity contribution in [3.8, 4) is 39.2 Å². The standard InChI is InChI=1S/C55H34N2/c1-3-16-36(17-4-1)55-54-46(31-32-50-53(54)47-25-13-14-26-49(47)57(50)40-19-5-2-6-20-40)41-30-29-39(34-48(41)56-55)52-44-23-11-9-21-42(44)51(43-22-10-12-24-45(43)52)38-28-27-35-15-7-8-18-37(35)33-38/h1-34H. The fourth-order valence-corrected chi connectivity index (χ4v) is 9.47. The number of rotatable bonds is 4. The highest BCUT2D eigenvalue weighted by Crippen LogP contribution is 2.46. The van der Waals surface area contributed by atoms with Gasteiger partial charge >= 0.3 is 0 Å². The molecule has 12 aromatic rings. The summed E-state index contributed by atoms with van der Waals surface area (Å²) in [5.74, 6) is 0. The molecule has 0 saturated carbocycles. The Morgan fingerprint density at radius 1 is 0.316 bits per heavy atom. The van der Waals surface area contributed by atoms with Gasteiger partial charge in [-0.1, -0.05) is 170 Å². The maximum atomic E-state index is 5.64. The molecule has 0 spiro atoms. The van der Waals surface area contributed by atoms with Crippen LogP contribution < -0.4 is 0 Å². The van der Waals surface area contributed by atoms with E-state index in [1.807, 2.05) is 0 Å². The minimum Gasteiger partial charge on any atom is -0.309 e. The maximum absolute atomic E-state index is 5.64. The summed E-state index contributed by atoms with van der Waals surface area (Å²) in [4.78, 5) is 5.64. The van der Waals surface area contributed by atoms with Crippen LogP contribution in [-0.2, 0) is 0 Å². The molecule has 0 aliphatic rings. The average molecular weight is 723 g/mol. The fourth-order valence-electron chi connectivity index (χ4n) is 9.47. The predicted molar refractivity (Wildman–Crippen MR) is 242 cm³/mol. The third kappa shape index (κ3) is 4.81. The molecule has 2 aromatic heterocycles. The fraction of sp³-hybridized carbons (Fsp3) is 0. The summed E-state index contributed by atoms with van der Waals surface area (Å²) in [6.07, 6.45) is 0. The Hall–Kier alpha value is -7.55. The van der Waals surface area contributed by atoms with E-state index in [4.69, 9.17) is 4.98 Å². The maximum Gasteiger partial charge on any atom is 0.0795 e. The molecular weight excluding hydrogens is 689 g/mol. The van der Waals surface area contributed by atoms with Gasteiger partial charge in [-0.2, -0.15) is 0 Å². The van der Waals surface area contributed by atoms with E-state index in [2.05, 4.69) is 211 Å². The van der Waals surface area contributed by atoms with Crippen molar-refractivity contribution in [1.29, 1.82) is 0 Å². The zero-order valence-electron chi connectivity index (χ0n) is 31.0. The Morgan fingerprint density at radius 2 is 0.860 bits per heavy atom. The molecular formula is C55H34N2. The van der Waals surface area contributed by atoms with Crippen molar-refractivity contribution < 1.29 is 0 Å². The molecule has 0 atom stereocenters. The van der Waals surface area contributed by atoms with Crippen LogP contribution in [0, 0.1) is 0 Å². The van der Waals surface area contributed by atoms with E-state index < -0.39 is 0 Å². The first kappa shape index (κ1) is 31.8. The highest BCUT2D eigenvalue weighted by atomic mass is 15.0.